The average Bonchev–Trinajstić information content (AvgIpc) is 2.25. The van der Waals surface area contributed by atoms with Gasteiger partial charge in [-0.1, -0.05) is 6.07 Å². The highest BCUT2D eigenvalue weighted by Crippen LogP contribution is 2.25. The molecule has 1 heterocycles. The minimum absolute atomic E-state index is 0.136. The molecule has 1 aromatic carbocycles. The molecule has 1 saturated heterocycles. The van der Waals surface area contributed by atoms with Crippen LogP contribution >= 0.6 is 0 Å². The molecule has 0 radical (unpaired) electrons. The largest absolute Gasteiger partial charge is 0.494 e. The first-order valence-electron chi connectivity index (χ1n) is 5.27. The van der Waals surface area contributed by atoms with Crippen molar-refractivity contribution in [3.63, 3.8) is 0 Å². The summed E-state index contributed by atoms with van der Waals surface area (Å²) in [7, 11) is 3.18. The van der Waals surface area contributed by atoms with E-state index in [1.807, 2.05) is 0 Å². The fourth-order valence-electron chi connectivity index (χ4n) is 1.93. The Kier molecular flexibility index (Phi) is 3.12. The zero-order chi connectivity index (χ0) is 11.6. The molecule has 0 aromatic heterocycles. The fourth-order valence-corrected chi connectivity index (χ4v) is 1.93. The number of hydrogen-bond donors (Lipinski definition) is 1. The van der Waals surface area contributed by atoms with Gasteiger partial charge in [-0.2, -0.15) is 0 Å². The van der Waals surface area contributed by atoms with Crippen molar-refractivity contribution < 1.29 is 13.9 Å². The van der Waals surface area contributed by atoms with Crippen LogP contribution in [-0.2, 0) is 11.2 Å². The molecule has 0 saturated carbocycles. The van der Waals surface area contributed by atoms with E-state index < -0.39 is 0 Å². The van der Waals surface area contributed by atoms with Gasteiger partial charge < -0.3 is 14.8 Å². The molecular formula is C12H16FNO2. The van der Waals surface area contributed by atoms with Gasteiger partial charge in [-0.05, 0) is 17.7 Å². The predicted octanol–water partition coefficient (Wildman–Crippen LogP) is 1.37. The lowest BCUT2D eigenvalue weighted by atomic mass is 9.89. The quantitative estimate of drug-likeness (QED) is 0.839. The summed E-state index contributed by atoms with van der Waals surface area (Å²) in [6.45, 7) is 1.67. The van der Waals surface area contributed by atoms with Crippen molar-refractivity contribution in [1.29, 1.82) is 0 Å². The first-order chi connectivity index (χ1) is 7.69. The van der Waals surface area contributed by atoms with Gasteiger partial charge in [0.05, 0.1) is 12.7 Å². The maximum atomic E-state index is 13.2. The van der Waals surface area contributed by atoms with Gasteiger partial charge in [0, 0.05) is 26.6 Å². The van der Waals surface area contributed by atoms with Gasteiger partial charge in [0.2, 0.25) is 0 Å². The molecule has 3 nitrogen and oxygen atoms in total. The minimum atomic E-state index is -0.329. The number of methoxy groups -OCH3 is 2. The van der Waals surface area contributed by atoms with E-state index in [1.54, 1.807) is 19.2 Å². The van der Waals surface area contributed by atoms with Crippen LogP contribution in [0.4, 0.5) is 4.39 Å². The van der Waals surface area contributed by atoms with Crippen molar-refractivity contribution in [2.75, 3.05) is 27.3 Å². The topological polar surface area (TPSA) is 30.5 Å². The predicted molar refractivity (Wildman–Crippen MR) is 59.3 cm³/mol. The lowest BCUT2D eigenvalue weighted by molar-refractivity contribution is -0.0502. The van der Waals surface area contributed by atoms with E-state index in [4.69, 9.17) is 9.47 Å². The van der Waals surface area contributed by atoms with E-state index in [-0.39, 0.29) is 17.2 Å². The zero-order valence-corrected chi connectivity index (χ0v) is 9.55. The highest BCUT2D eigenvalue weighted by Gasteiger charge is 2.37. The molecule has 1 aliphatic rings. The molecule has 1 aliphatic heterocycles. The Morgan fingerprint density at radius 3 is 2.62 bits per heavy atom. The normalized spacial score (nSPS) is 17.9. The van der Waals surface area contributed by atoms with Crippen LogP contribution in [0.2, 0.25) is 0 Å². The zero-order valence-electron chi connectivity index (χ0n) is 9.55. The monoisotopic (exact) mass is 225 g/mol. The highest BCUT2D eigenvalue weighted by molar-refractivity contribution is 5.31. The van der Waals surface area contributed by atoms with Crippen molar-refractivity contribution in [3.05, 3.63) is 29.6 Å². The Bertz CT molecular complexity index is 372. The first kappa shape index (κ1) is 11.4. The Hall–Kier alpha value is -1.13. The Morgan fingerprint density at radius 2 is 2.12 bits per heavy atom. The van der Waals surface area contributed by atoms with E-state index in [0.717, 1.165) is 25.1 Å². The third kappa shape index (κ3) is 2.03. The molecular weight excluding hydrogens is 209 g/mol. The Morgan fingerprint density at radius 1 is 1.38 bits per heavy atom. The molecule has 2 rings (SSSR count). The summed E-state index contributed by atoms with van der Waals surface area (Å²) in [6.07, 6.45) is 0.771. The molecule has 0 atom stereocenters. The summed E-state index contributed by atoms with van der Waals surface area (Å²) in [4.78, 5) is 0. The van der Waals surface area contributed by atoms with Gasteiger partial charge in [-0.3, -0.25) is 0 Å². The van der Waals surface area contributed by atoms with Crippen LogP contribution in [0.5, 0.6) is 5.75 Å². The summed E-state index contributed by atoms with van der Waals surface area (Å²) >= 11 is 0. The summed E-state index contributed by atoms with van der Waals surface area (Å²) in [5.74, 6) is -0.0412. The van der Waals surface area contributed by atoms with Gasteiger partial charge in [-0.15, -0.1) is 0 Å². The van der Waals surface area contributed by atoms with E-state index >= 15 is 0 Å². The van der Waals surface area contributed by atoms with Crippen molar-refractivity contribution in [1.82, 2.24) is 5.32 Å². The van der Waals surface area contributed by atoms with Gasteiger partial charge in [-0.25, -0.2) is 4.39 Å². The number of benzene rings is 1. The van der Waals surface area contributed by atoms with Crippen molar-refractivity contribution in [3.8, 4) is 5.75 Å². The third-order valence-corrected chi connectivity index (χ3v) is 3.07. The SMILES string of the molecule is COc1cc(CC2(OC)CNC2)ccc1F. The van der Waals surface area contributed by atoms with Crippen molar-refractivity contribution >= 4 is 0 Å². The molecule has 1 fully saturated rings. The smallest absolute Gasteiger partial charge is 0.165 e. The number of rotatable bonds is 4. The van der Waals surface area contributed by atoms with Crippen LogP contribution < -0.4 is 10.1 Å². The minimum Gasteiger partial charge on any atom is -0.494 e. The van der Waals surface area contributed by atoms with Gasteiger partial charge >= 0.3 is 0 Å². The summed E-state index contributed by atoms with van der Waals surface area (Å²) in [5, 5.41) is 3.18. The van der Waals surface area contributed by atoms with Gasteiger partial charge in [0.15, 0.2) is 11.6 Å². The number of halogens is 1. The molecule has 16 heavy (non-hydrogen) atoms. The Balaban J connectivity index is 2.15. The summed E-state index contributed by atoms with van der Waals surface area (Å²) in [5.41, 5.74) is 0.893. The average molecular weight is 225 g/mol. The molecule has 0 aliphatic carbocycles. The third-order valence-electron chi connectivity index (χ3n) is 3.07. The van der Waals surface area contributed by atoms with Crippen LogP contribution in [0.3, 0.4) is 0 Å². The number of ether oxygens (including phenoxy) is 2. The van der Waals surface area contributed by atoms with Gasteiger partial charge in [0.1, 0.15) is 0 Å². The van der Waals surface area contributed by atoms with E-state index in [2.05, 4.69) is 5.32 Å². The van der Waals surface area contributed by atoms with Crippen LogP contribution in [0, 0.1) is 5.82 Å². The maximum Gasteiger partial charge on any atom is 0.165 e. The molecule has 0 unspecified atom stereocenters. The second-order valence-electron chi connectivity index (χ2n) is 4.14. The fraction of sp³-hybridized carbons (Fsp3) is 0.500. The van der Waals surface area contributed by atoms with E-state index in [0.29, 0.717) is 0 Å². The van der Waals surface area contributed by atoms with Gasteiger partial charge in [0.25, 0.3) is 0 Å². The maximum absolute atomic E-state index is 13.2. The second-order valence-corrected chi connectivity index (χ2v) is 4.14. The van der Waals surface area contributed by atoms with Crippen LogP contribution in [0.15, 0.2) is 18.2 Å². The Labute approximate surface area is 94.6 Å². The van der Waals surface area contributed by atoms with Crippen LogP contribution in [-0.4, -0.2) is 32.9 Å². The lowest BCUT2D eigenvalue weighted by Crippen LogP contribution is -2.61. The summed E-state index contributed by atoms with van der Waals surface area (Å²) < 4.78 is 23.7. The molecule has 88 valence electrons. The first-order valence-corrected chi connectivity index (χ1v) is 5.27. The second kappa shape index (κ2) is 4.39. The molecule has 0 amide bonds. The van der Waals surface area contributed by atoms with Crippen LogP contribution in [0.25, 0.3) is 0 Å². The van der Waals surface area contributed by atoms with Crippen molar-refractivity contribution in [2.24, 2.45) is 0 Å². The molecule has 0 bridgehead atoms. The highest BCUT2D eigenvalue weighted by atomic mass is 19.1. The van der Waals surface area contributed by atoms with E-state index in [9.17, 15) is 4.39 Å². The summed E-state index contributed by atoms with van der Waals surface area (Å²) in [6, 6.07) is 4.94. The number of nitrogens with one attached hydrogen (secondary N) is 1. The molecule has 4 heteroatoms. The van der Waals surface area contributed by atoms with Crippen molar-refractivity contribution in [2.45, 2.75) is 12.0 Å². The van der Waals surface area contributed by atoms with E-state index in [1.165, 1.54) is 13.2 Å². The lowest BCUT2D eigenvalue weighted by Gasteiger charge is -2.41. The molecule has 0 spiro atoms. The molecule has 1 N–H and O–H groups in total. The standard InChI is InChI=1S/C12H16FNO2/c1-15-11-5-9(3-4-10(11)13)6-12(16-2)7-14-8-12/h3-5,14H,6-8H2,1-2H3. The molecule has 1 aromatic rings. The van der Waals surface area contributed by atoms with Crippen LogP contribution in [0.1, 0.15) is 5.56 Å². The number of hydrogen-bond acceptors (Lipinski definition) is 3.